The van der Waals surface area contributed by atoms with E-state index >= 15 is 0 Å². The fraction of sp³-hybridized carbons (Fsp3) is 0.533. The number of fused-ring (bicyclic) bond motifs is 1. The van der Waals surface area contributed by atoms with Crippen LogP contribution in [0.4, 0.5) is 11.5 Å². The van der Waals surface area contributed by atoms with E-state index in [1.165, 1.54) is 25.7 Å². The molecular weight excluding hydrogens is 492 g/mol. The summed E-state index contributed by atoms with van der Waals surface area (Å²) in [6.45, 7) is 6.55. The zero-order chi connectivity index (χ0) is 26.6. The molecule has 0 bridgehead atoms. The van der Waals surface area contributed by atoms with E-state index in [1.54, 1.807) is 18.7 Å². The first kappa shape index (κ1) is 26.0. The van der Waals surface area contributed by atoms with Crippen LogP contribution in [0.15, 0.2) is 43.0 Å². The molecule has 3 aliphatic rings. The molecule has 2 saturated heterocycles. The number of ether oxygens (including phenoxy) is 2. The van der Waals surface area contributed by atoms with Crippen LogP contribution < -0.4 is 9.75 Å². The molecule has 0 radical (unpaired) electrons. The first-order valence-electron chi connectivity index (χ1n) is 14.4. The summed E-state index contributed by atoms with van der Waals surface area (Å²) in [6.07, 6.45) is 12.7. The molecule has 9 nitrogen and oxygen atoms in total. The molecule has 0 unspecified atom stereocenters. The SMILES string of the molecule is Cc1cc(N(c2ncnc3cnccc23)N2CCOCC2)ccc1OC1CCN(C(=O)CC2CCCC2)CC1. The van der Waals surface area contributed by atoms with Crippen molar-refractivity contribution >= 4 is 28.3 Å². The average Bonchev–Trinajstić information content (AvgIpc) is 3.49. The highest BCUT2D eigenvalue weighted by molar-refractivity contribution is 5.90. The number of hydrazine groups is 1. The molecule has 1 aromatic carbocycles. The Hall–Kier alpha value is -3.30. The molecular formula is C30H38N6O3. The van der Waals surface area contributed by atoms with E-state index in [0.717, 1.165) is 79.2 Å². The van der Waals surface area contributed by atoms with Crippen LogP contribution in [0.5, 0.6) is 5.75 Å². The number of carbonyl (C=O) groups excluding carboxylic acids is 1. The normalized spacial score (nSPS) is 19.5. The highest BCUT2D eigenvalue weighted by Gasteiger charge is 2.28. The summed E-state index contributed by atoms with van der Waals surface area (Å²) in [7, 11) is 0. The lowest BCUT2D eigenvalue weighted by Gasteiger charge is -2.38. The second-order valence-electron chi connectivity index (χ2n) is 11.0. The van der Waals surface area contributed by atoms with Gasteiger partial charge in [0.1, 0.15) is 18.2 Å². The van der Waals surface area contributed by atoms with Gasteiger partial charge in [0.15, 0.2) is 5.82 Å². The molecule has 0 spiro atoms. The molecule has 1 saturated carbocycles. The van der Waals surface area contributed by atoms with E-state index in [2.05, 4.69) is 50.0 Å². The van der Waals surface area contributed by atoms with Crippen LogP contribution >= 0.6 is 0 Å². The lowest BCUT2D eigenvalue weighted by atomic mass is 10.0. The minimum Gasteiger partial charge on any atom is -0.490 e. The number of amides is 1. The number of morpholine rings is 1. The van der Waals surface area contributed by atoms with Gasteiger partial charge in [-0.15, -0.1) is 0 Å². The standard InChI is InChI=1S/C30H38N6O3/c1-22-18-24(36(35-14-16-38-17-15-35)30-26-8-11-31-20-27(26)32-21-33-30)6-7-28(22)39-25-9-12-34(13-10-25)29(37)19-23-4-2-3-5-23/h6-8,11,18,20-21,23,25H,2-5,9-10,12-17,19H2,1H3. The highest BCUT2D eigenvalue weighted by Crippen LogP contribution is 2.35. The predicted molar refractivity (Wildman–Crippen MR) is 150 cm³/mol. The summed E-state index contributed by atoms with van der Waals surface area (Å²) in [4.78, 5) is 28.2. The Bertz CT molecular complexity index is 1280. The van der Waals surface area contributed by atoms with Crippen LogP contribution in [-0.4, -0.2) is 76.3 Å². The summed E-state index contributed by atoms with van der Waals surface area (Å²) in [6, 6.07) is 8.31. The maximum Gasteiger partial charge on any atom is 0.222 e. The summed E-state index contributed by atoms with van der Waals surface area (Å²) in [5.74, 6) is 2.65. The number of hydrogen-bond acceptors (Lipinski definition) is 8. The quantitative estimate of drug-likeness (QED) is 0.436. The van der Waals surface area contributed by atoms with E-state index in [-0.39, 0.29) is 6.10 Å². The van der Waals surface area contributed by atoms with E-state index < -0.39 is 0 Å². The van der Waals surface area contributed by atoms with Crippen molar-refractivity contribution in [2.45, 2.75) is 58.0 Å². The number of aryl methyl sites for hydroxylation is 1. The molecule has 3 fully saturated rings. The number of rotatable bonds is 7. The molecule has 206 valence electrons. The fourth-order valence-corrected chi connectivity index (χ4v) is 6.13. The maximum absolute atomic E-state index is 12.8. The van der Waals surface area contributed by atoms with Gasteiger partial charge in [0.05, 0.1) is 30.6 Å². The van der Waals surface area contributed by atoms with Gasteiger partial charge in [-0.3, -0.25) is 14.8 Å². The van der Waals surface area contributed by atoms with Gasteiger partial charge in [0, 0.05) is 57.0 Å². The van der Waals surface area contributed by atoms with E-state index in [9.17, 15) is 4.79 Å². The van der Waals surface area contributed by atoms with Crippen molar-refractivity contribution in [2.24, 2.45) is 5.92 Å². The van der Waals surface area contributed by atoms with E-state index in [4.69, 9.17) is 14.5 Å². The lowest BCUT2D eigenvalue weighted by Crippen LogP contribution is -2.47. The fourth-order valence-electron chi connectivity index (χ4n) is 6.13. The molecule has 9 heteroatoms. The molecule has 1 aliphatic carbocycles. The summed E-state index contributed by atoms with van der Waals surface area (Å²) < 4.78 is 12.1. The molecule has 4 heterocycles. The van der Waals surface area contributed by atoms with Gasteiger partial charge >= 0.3 is 0 Å². The van der Waals surface area contributed by atoms with Crippen LogP contribution in [0.1, 0.15) is 50.5 Å². The van der Waals surface area contributed by atoms with Gasteiger partial charge in [0.2, 0.25) is 5.91 Å². The van der Waals surface area contributed by atoms with Crippen molar-refractivity contribution in [2.75, 3.05) is 44.4 Å². The molecule has 1 amide bonds. The number of pyridine rings is 1. The second-order valence-corrected chi connectivity index (χ2v) is 11.0. The predicted octanol–water partition coefficient (Wildman–Crippen LogP) is 4.67. The van der Waals surface area contributed by atoms with Crippen molar-refractivity contribution in [1.29, 1.82) is 0 Å². The van der Waals surface area contributed by atoms with Gasteiger partial charge in [-0.05, 0) is 55.5 Å². The number of anilines is 2. The molecule has 2 aromatic heterocycles. The summed E-state index contributed by atoms with van der Waals surface area (Å²) in [5.41, 5.74) is 2.90. The van der Waals surface area contributed by atoms with E-state index in [0.29, 0.717) is 25.0 Å². The minimum atomic E-state index is 0.124. The Morgan fingerprint density at radius 2 is 1.85 bits per heavy atom. The zero-order valence-electron chi connectivity index (χ0n) is 22.8. The van der Waals surface area contributed by atoms with Crippen molar-refractivity contribution in [3.63, 3.8) is 0 Å². The van der Waals surface area contributed by atoms with Gasteiger partial charge < -0.3 is 14.4 Å². The van der Waals surface area contributed by atoms with Crippen LogP contribution in [0, 0.1) is 12.8 Å². The van der Waals surface area contributed by atoms with Crippen molar-refractivity contribution in [3.8, 4) is 5.75 Å². The Labute approximate surface area is 230 Å². The molecule has 0 atom stereocenters. The summed E-state index contributed by atoms with van der Waals surface area (Å²) in [5, 5.41) is 5.41. The minimum absolute atomic E-state index is 0.124. The molecule has 0 N–H and O–H groups in total. The number of aromatic nitrogens is 3. The van der Waals surface area contributed by atoms with Crippen LogP contribution in [0.3, 0.4) is 0 Å². The average molecular weight is 531 g/mol. The molecule has 39 heavy (non-hydrogen) atoms. The Kier molecular flexibility index (Phi) is 7.88. The third kappa shape index (κ3) is 5.84. The number of likely N-dealkylation sites (tertiary alicyclic amines) is 1. The molecule has 3 aromatic rings. The number of hydrogen-bond donors (Lipinski definition) is 0. The van der Waals surface area contributed by atoms with E-state index in [1.807, 2.05) is 6.07 Å². The summed E-state index contributed by atoms with van der Waals surface area (Å²) >= 11 is 0. The topological polar surface area (TPSA) is 83.9 Å². The van der Waals surface area contributed by atoms with Gasteiger partial charge in [-0.1, -0.05) is 12.8 Å². The third-order valence-corrected chi connectivity index (χ3v) is 8.32. The van der Waals surface area contributed by atoms with Crippen molar-refractivity contribution in [3.05, 3.63) is 48.5 Å². The van der Waals surface area contributed by atoms with Crippen LogP contribution in [0.2, 0.25) is 0 Å². The monoisotopic (exact) mass is 530 g/mol. The van der Waals surface area contributed by atoms with Gasteiger partial charge in [0.25, 0.3) is 0 Å². The zero-order valence-corrected chi connectivity index (χ0v) is 22.8. The van der Waals surface area contributed by atoms with Crippen LogP contribution in [-0.2, 0) is 9.53 Å². The molecule has 2 aliphatic heterocycles. The Morgan fingerprint density at radius 1 is 1.05 bits per heavy atom. The highest BCUT2D eigenvalue weighted by atomic mass is 16.5. The lowest BCUT2D eigenvalue weighted by molar-refractivity contribution is -0.134. The van der Waals surface area contributed by atoms with Crippen molar-refractivity contribution in [1.82, 2.24) is 24.9 Å². The Morgan fingerprint density at radius 3 is 2.62 bits per heavy atom. The number of carbonyl (C=O) groups is 1. The van der Waals surface area contributed by atoms with Crippen LogP contribution in [0.25, 0.3) is 10.9 Å². The maximum atomic E-state index is 12.8. The number of piperidine rings is 1. The van der Waals surface area contributed by atoms with Crippen molar-refractivity contribution < 1.29 is 14.3 Å². The van der Waals surface area contributed by atoms with Gasteiger partial charge in [-0.2, -0.15) is 0 Å². The smallest absolute Gasteiger partial charge is 0.222 e. The first-order valence-corrected chi connectivity index (χ1v) is 14.4. The largest absolute Gasteiger partial charge is 0.490 e. The first-order chi connectivity index (χ1) is 19.2. The Balaban J connectivity index is 1.16. The second kappa shape index (κ2) is 11.8. The third-order valence-electron chi connectivity index (χ3n) is 8.32. The number of nitrogens with zero attached hydrogens (tertiary/aromatic N) is 6. The molecule has 6 rings (SSSR count). The number of benzene rings is 1. The van der Waals surface area contributed by atoms with Gasteiger partial charge in [-0.25, -0.2) is 15.0 Å².